The van der Waals surface area contributed by atoms with Crippen LogP contribution in [0.4, 0.5) is 0 Å². The van der Waals surface area contributed by atoms with Crippen LogP contribution in [0.3, 0.4) is 0 Å². The fraction of sp³-hybridized carbons (Fsp3) is 0.407. The first-order valence-corrected chi connectivity index (χ1v) is 11.4. The van der Waals surface area contributed by atoms with Gasteiger partial charge in [-0.3, -0.25) is 4.79 Å². The molecule has 1 aliphatic carbocycles. The van der Waals surface area contributed by atoms with E-state index in [-0.39, 0.29) is 17.8 Å². The Hall–Kier alpha value is -3.08. The molecule has 0 aliphatic heterocycles. The predicted octanol–water partition coefficient (Wildman–Crippen LogP) is 5.81. The summed E-state index contributed by atoms with van der Waals surface area (Å²) in [4.78, 5) is 16.8. The molecule has 0 saturated carbocycles. The monoisotopic (exact) mass is 433 g/mol. The Morgan fingerprint density at radius 1 is 1.19 bits per heavy atom. The fourth-order valence-corrected chi connectivity index (χ4v) is 4.65. The number of fused-ring (bicyclic) bond motifs is 1. The second kappa shape index (κ2) is 9.60. The van der Waals surface area contributed by atoms with Crippen molar-refractivity contribution in [3.05, 3.63) is 70.6 Å². The van der Waals surface area contributed by atoms with Gasteiger partial charge in [0.05, 0.1) is 25.3 Å². The number of benzene rings is 2. The van der Waals surface area contributed by atoms with E-state index in [1.54, 1.807) is 0 Å². The lowest BCUT2D eigenvalue weighted by molar-refractivity contribution is -0.146. The number of esters is 1. The summed E-state index contributed by atoms with van der Waals surface area (Å²) in [5.41, 5.74) is 5.64. The number of carbonyl (C=O) groups is 1. The highest BCUT2D eigenvalue weighted by Crippen LogP contribution is 2.41. The van der Waals surface area contributed by atoms with E-state index in [1.807, 2.05) is 32.0 Å². The van der Waals surface area contributed by atoms with Crippen molar-refractivity contribution in [3.63, 3.8) is 0 Å². The molecule has 2 aromatic carbocycles. The van der Waals surface area contributed by atoms with E-state index in [4.69, 9.17) is 13.9 Å². The number of ether oxygens (including phenoxy) is 2. The Bertz CT molecular complexity index is 1080. The highest BCUT2D eigenvalue weighted by molar-refractivity contribution is 5.74. The molecule has 4 rings (SSSR count). The number of oxazole rings is 1. The van der Waals surface area contributed by atoms with Gasteiger partial charge in [0.1, 0.15) is 11.5 Å². The van der Waals surface area contributed by atoms with Gasteiger partial charge in [-0.2, -0.15) is 0 Å². The third-order valence-corrected chi connectivity index (χ3v) is 6.47. The summed E-state index contributed by atoms with van der Waals surface area (Å²) in [6, 6.07) is 14.4. The van der Waals surface area contributed by atoms with Crippen LogP contribution in [0.15, 0.2) is 46.9 Å². The molecule has 0 saturated heterocycles. The van der Waals surface area contributed by atoms with Gasteiger partial charge in [0.2, 0.25) is 5.89 Å². The van der Waals surface area contributed by atoms with Crippen LogP contribution in [0.25, 0.3) is 11.5 Å². The molecule has 0 spiro atoms. The Morgan fingerprint density at radius 2 is 1.97 bits per heavy atom. The SMILES string of the molecule is CC[C@H](C(=O)OC)[C@@H]1CCc2cc(OCCc3nc(-c4ccc(C)cc4)oc3C)ccc21. The van der Waals surface area contributed by atoms with Gasteiger partial charge in [0.15, 0.2) is 0 Å². The topological polar surface area (TPSA) is 61.6 Å². The highest BCUT2D eigenvalue weighted by Gasteiger charge is 2.33. The molecule has 2 atom stereocenters. The van der Waals surface area contributed by atoms with Gasteiger partial charge in [-0.1, -0.05) is 30.7 Å². The van der Waals surface area contributed by atoms with Crippen LogP contribution in [-0.4, -0.2) is 24.7 Å². The van der Waals surface area contributed by atoms with E-state index in [1.165, 1.54) is 23.8 Å². The van der Waals surface area contributed by atoms with Crippen molar-refractivity contribution in [2.75, 3.05) is 13.7 Å². The Labute approximate surface area is 189 Å². The molecule has 1 aliphatic rings. The maximum atomic E-state index is 12.2. The van der Waals surface area contributed by atoms with Crippen LogP contribution >= 0.6 is 0 Å². The minimum absolute atomic E-state index is 0.0779. The van der Waals surface area contributed by atoms with E-state index >= 15 is 0 Å². The molecular formula is C27H31NO4. The third kappa shape index (κ3) is 4.57. The number of aryl methyl sites for hydroxylation is 3. The molecule has 5 heteroatoms. The smallest absolute Gasteiger partial charge is 0.309 e. The average molecular weight is 434 g/mol. The molecular weight excluding hydrogens is 402 g/mol. The van der Waals surface area contributed by atoms with Crippen molar-refractivity contribution in [2.45, 2.75) is 52.4 Å². The van der Waals surface area contributed by atoms with Crippen molar-refractivity contribution in [2.24, 2.45) is 5.92 Å². The zero-order chi connectivity index (χ0) is 22.7. The zero-order valence-electron chi connectivity index (χ0n) is 19.3. The number of methoxy groups -OCH3 is 1. The summed E-state index contributed by atoms with van der Waals surface area (Å²) in [5, 5.41) is 0. The second-order valence-electron chi connectivity index (χ2n) is 8.53. The maximum absolute atomic E-state index is 12.2. The first kappa shape index (κ1) is 22.1. The van der Waals surface area contributed by atoms with Crippen LogP contribution in [0.2, 0.25) is 0 Å². The molecule has 32 heavy (non-hydrogen) atoms. The van der Waals surface area contributed by atoms with Gasteiger partial charge in [0, 0.05) is 12.0 Å². The number of aromatic nitrogens is 1. The van der Waals surface area contributed by atoms with Crippen LogP contribution < -0.4 is 4.74 Å². The lowest BCUT2D eigenvalue weighted by Crippen LogP contribution is -2.21. The average Bonchev–Trinajstić information content (AvgIpc) is 3.38. The number of hydrogen-bond donors (Lipinski definition) is 0. The molecule has 3 aromatic rings. The third-order valence-electron chi connectivity index (χ3n) is 6.47. The molecule has 0 fully saturated rings. The number of nitrogens with zero attached hydrogens (tertiary/aromatic N) is 1. The van der Waals surface area contributed by atoms with Crippen LogP contribution in [-0.2, 0) is 22.4 Å². The summed E-state index contributed by atoms with van der Waals surface area (Å²) in [7, 11) is 1.47. The predicted molar refractivity (Wildman–Crippen MR) is 124 cm³/mol. The lowest BCUT2D eigenvalue weighted by Gasteiger charge is -2.20. The lowest BCUT2D eigenvalue weighted by atomic mass is 9.85. The van der Waals surface area contributed by atoms with Crippen molar-refractivity contribution in [1.29, 1.82) is 0 Å². The van der Waals surface area contributed by atoms with E-state index in [2.05, 4.69) is 36.2 Å². The van der Waals surface area contributed by atoms with Crippen molar-refractivity contribution < 1.29 is 18.7 Å². The van der Waals surface area contributed by atoms with Gasteiger partial charge < -0.3 is 13.9 Å². The Balaban J connectivity index is 1.38. The van der Waals surface area contributed by atoms with E-state index in [0.29, 0.717) is 18.9 Å². The van der Waals surface area contributed by atoms with Crippen molar-refractivity contribution in [1.82, 2.24) is 4.98 Å². The summed E-state index contributed by atoms with van der Waals surface area (Å²) in [6.45, 7) is 6.59. The molecule has 1 heterocycles. The molecule has 5 nitrogen and oxygen atoms in total. The first-order valence-electron chi connectivity index (χ1n) is 11.4. The summed E-state index contributed by atoms with van der Waals surface area (Å²) >= 11 is 0. The molecule has 1 aromatic heterocycles. The minimum atomic E-state index is -0.112. The van der Waals surface area contributed by atoms with Gasteiger partial charge >= 0.3 is 5.97 Å². The molecule has 0 N–H and O–H groups in total. The van der Waals surface area contributed by atoms with Crippen LogP contribution in [0, 0.1) is 19.8 Å². The largest absolute Gasteiger partial charge is 0.493 e. The van der Waals surface area contributed by atoms with Gasteiger partial charge in [-0.15, -0.1) is 0 Å². The minimum Gasteiger partial charge on any atom is -0.493 e. The molecule has 0 radical (unpaired) electrons. The van der Waals surface area contributed by atoms with Gasteiger partial charge in [0.25, 0.3) is 0 Å². The van der Waals surface area contributed by atoms with Crippen molar-refractivity contribution >= 4 is 5.97 Å². The quantitative estimate of drug-likeness (QED) is 0.420. The van der Waals surface area contributed by atoms with E-state index < -0.39 is 0 Å². The highest BCUT2D eigenvalue weighted by atomic mass is 16.5. The maximum Gasteiger partial charge on any atom is 0.309 e. The van der Waals surface area contributed by atoms with Gasteiger partial charge in [-0.05, 0) is 74.4 Å². The summed E-state index contributed by atoms with van der Waals surface area (Å²) < 4.78 is 16.9. The van der Waals surface area contributed by atoms with E-state index in [0.717, 1.165) is 42.0 Å². The molecule has 0 unspecified atom stereocenters. The fourth-order valence-electron chi connectivity index (χ4n) is 4.65. The first-order chi connectivity index (χ1) is 15.5. The van der Waals surface area contributed by atoms with Crippen LogP contribution in [0.1, 0.15) is 53.8 Å². The van der Waals surface area contributed by atoms with Gasteiger partial charge in [-0.25, -0.2) is 4.98 Å². The van der Waals surface area contributed by atoms with E-state index in [9.17, 15) is 4.79 Å². The number of rotatable bonds is 8. The van der Waals surface area contributed by atoms with Crippen LogP contribution in [0.5, 0.6) is 5.75 Å². The Kier molecular flexibility index (Phi) is 6.63. The standard InChI is InChI=1S/C27H31NO4/c1-5-22(27(29)30-4)24-12-10-20-16-21(11-13-23(20)24)31-15-14-25-18(3)32-26(28-25)19-8-6-17(2)7-9-19/h6-9,11,13,16,22,24H,5,10,12,14-15H2,1-4H3/t22-,24-/m0/s1. The normalized spacial score (nSPS) is 15.9. The second-order valence-corrected chi connectivity index (χ2v) is 8.53. The number of carbonyl (C=O) groups excluding carboxylic acids is 1. The Morgan fingerprint density at radius 3 is 2.69 bits per heavy atom. The summed E-state index contributed by atoms with van der Waals surface area (Å²) in [5.74, 6) is 2.38. The number of hydrogen-bond acceptors (Lipinski definition) is 5. The molecule has 168 valence electrons. The summed E-state index contributed by atoms with van der Waals surface area (Å²) in [6.07, 6.45) is 3.41. The van der Waals surface area contributed by atoms with Crippen molar-refractivity contribution in [3.8, 4) is 17.2 Å². The molecule has 0 bridgehead atoms. The molecule has 0 amide bonds. The zero-order valence-corrected chi connectivity index (χ0v) is 19.3.